The number of para-hydroxylation sites is 1. The van der Waals surface area contributed by atoms with Crippen LogP contribution in [0.3, 0.4) is 0 Å². The fraction of sp³-hybridized carbons (Fsp3) is 0.229. The van der Waals surface area contributed by atoms with E-state index in [9.17, 15) is 14.7 Å². The van der Waals surface area contributed by atoms with E-state index < -0.39 is 11.9 Å². The number of fused-ring (bicyclic) bond motifs is 2. The molecule has 0 unspecified atom stereocenters. The molecular weight excluding hydrogens is 681 g/mol. The molecule has 7 nitrogen and oxygen atoms in total. The predicted octanol–water partition coefficient (Wildman–Crippen LogP) is 10.1. The lowest BCUT2D eigenvalue weighted by Crippen LogP contribution is -2.26. The Bertz CT molecular complexity index is 2160. The Morgan fingerprint density at radius 1 is 0.691 bits per heavy atom. The van der Waals surface area contributed by atoms with Crippen molar-refractivity contribution in [1.82, 2.24) is 0 Å². The monoisotopic (exact) mass is 728 g/mol. The van der Waals surface area contributed by atoms with Crippen molar-refractivity contribution < 1.29 is 14.7 Å². The maximum atomic E-state index is 13.7. The van der Waals surface area contributed by atoms with E-state index in [1.807, 2.05) is 24.3 Å². The highest BCUT2D eigenvalue weighted by molar-refractivity contribution is 6.50. The molecule has 0 aromatic heterocycles. The molecule has 278 valence electrons. The number of carbonyl (C=O) groups excluding carboxylic acids is 1. The van der Waals surface area contributed by atoms with Gasteiger partial charge in [-0.05, 0) is 144 Å². The minimum atomic E-state index is -1.27. The van der Waals surface area contributed by atoms with Crippen LogP contribution in [-0.2, 0) is 35.3 Å². The van der Waals surface area contributed by atoms with Gasteiger partial charge in [-0.3, -0.25) is 9.79 Å². The van der Waals surface area contributed by atoms with Crippen molar-refractivity contribution in [2.24, 2.45) is 4.99 Å². The first-order valence-electron chi connectivity index (χ1n) is 19.3. The third kappa shape index (κ3) is 8.16. The van der Waals surface area contributed by atoms with E-state index in [2.05, 4.69) is 119 Å². The number of nitrogens with one attached hydrogen (secondary N) is 1. The third-order valence-corrected chi connectivity index (χ3v) is 10.7. The first-order valence-corrected chi connectivity index (χ1v) is 19.3. The molecule has 0 saturated carbocycles. The highest BCUT2D eigenvalue weighted by Crippen LogP contribution is 2.39. The maximum absolute atomic E-state index is 13.7. The summed E-state index contributed by atoms with van der Waals surface area (Å²) in [6, 6.07) is 39.9. The van der Waals surface area contributed by atoms with Crippen LogP contribution < -0.4 is 15.1 Å². The second kappa shape index (κ2) is 16.9. The number of carboxylic acid groups (broad SMARTS) is 1. The summed E-state index contributed by atoms with van der Waals surface area (Å²) in [4.78, 5) is 35.0. The van der Waals surface area contributed by atoms with Crippen LogP contribution in [0.25, 0.3) is 5.57 Å². The van der Waals surface area contributed by atoms with Crippen molar-refractivity contribution in [3.8, 4) is 0 Å². The number of anilines is 5. The van der Waals surface area contributed by atoms with Crippen molar-refractivity contribution >= 4 is 51.6 Å². The fourth-order valence-corrected chi connectivity index (χ4v) is 7.73. The average molecular weight is 729 g/mol. The molecule has 7 rings (SSSR count). The summed E-state index contributed by atoms with van der Waals surface area (Å²) >= 11 is 0. The van der Waals surface area contributed by atoms with Crippen molar-refractivity contribution in [2.45, 2.75) is 52.4 Å². The second-order valence-electron chi connectivity index (χ2n) is 14.1. The van der Waals surface area contributed by atoms with Gasteiger partial charge < -0.3 is 20.2 Å². The van der Waals surface area contributed by atoms with Crippen molar-refractivity contribution in [2.75, 3.05) is 35.3 Å². The molecule has 2 aliphatic rings. The lowest BCUT2D eigenvalue weighted by molar-refractivity contribution is -0.129. The van der Waals surface area contributed by atoms with Crippen LogP contribution in [0.15, 0.2) is 138 Å². The molecule has 0 spiro atoms. The number of carboxylic acids is 1. The Morgan fingerprint density at radius 3 is 1.65 bits per heavy atom. The minimum Gasteiger partial charge on any atom is -0.477 e. The Balaban J connectivity index is 1.33. The van der Waals surface area contributed by atoms with Gasteiger partial charge in [-0.25, -0.2) is 4.79 Å². The molecule has 0 radical (unpaired) electrons. The number of amides is 1. The summed E-state index contributed by atoms with van der Waals surface area (Å²) < 4.78 is 0. The Morgan fingerprint density at radius 2 is 1.20 bits per heavy atom. The van der Waals surface area contributed by atoms with E-state index in [1.165, 1.54) is 52.1 Å². The number of carbonyl (C=O) groups is 2. The van der Waals surface area contributed by atoms with Crippen LogP contribution in [0.2, 0.25) is 0 Å². The zero-order valence-electron chi connectivity index (χ0n) is 31.9. The number of aliphatic carboxylic acids is 1. The van der Waals surface area contributed by atoms with E-state index in [0.29, 0.717) is 5.69 Å². The van der Waals surface area contributed by atoms with E-state index >= 15 is 0 Å². The Hall–Kier alpha value is -6.21. The van der Waals surface area contributed by atoms with Crippen molar-refractivity contribution in [3.05, 3.63) is 166 Å². The zero-order valence-corrected chi connectivity index (χ0v) is 31.9. The van der Waals surface area contributed by atoms with Gasteiger partial charge >= 0.3 is 5.97 Å². The summed E-state index contributed by atoms with van der Waals surface area (Å²) in [6.07, 6.45) is 9.44. The van der Waals surface area contributed by atoms with Gasteiger partial charge in [0.25, 0.3) is 5.91 Å². The normalized spacial score (nSPS) is 14.2. The maximum Gasteiger partial charge on any atom is 0.354 e. The molecule has 5 aromatic carbocycles. The number of aryl methyl sites for hydroxylation is 4. The number of rotatable bonds is 11. The number of benzene rings is 5. The van der Waals surface area contributed by atoms with E-state index in [1.54, 1.807) is 18.2 Å². The summed E-state index contributed by atoms with van der Waals surface area (Å²) in [5, 5.41) is 13.0. The number of hydrogen-bond donors (Lipinski definition) is 2. The SMILES string of the molecule is CCc1ccc(N2CCCc3cc(C(=C/C=C(C(=O)Nc4ccccc4)/C(=N\C)C(=O)O)c4ccc5c(c4)CCCN5c4ccc(CC)cc4)ccc32)cc1. The molecule has 5 aromatic rings. The zero-order chi connectivity index (χ0) is 38.3. The summed E-state index contributed by atoms with van der Waals surface area (Å²) in [7, 11) is 1.40. The molecule has 2 heterocycles. The quantitative estimate of drug-likeness (QED) is 0.0804. The molecule has 2 N–H and O–H groups in total. The van der Waals surface area contributed by atoms with E-state index in [0.717, 1.165) is 68.3 Å². The highest BCUT2D eigenvalue weighted by atomic mass is 16.4. The average Bonchev–Trinajstić information content (AvgIpc) is 3.23. The van der Waals surface area contributed by atoms with Gasteiger partial charge in [0.2, 0.25) is 0 Å². The van der Waals surface area contributed by atoms with Gasteiger partial charge in [-0.15, -0.1) is 0 Å². The molecule has 0 fully saturated rings. The number of aliphatic imine (C=N–C) groups is 1. The second-order valence-corrected chi connectivity index (χ2v) is 14.1. The van der Waals surface area contributed by atoms with Crippen LogP contribution in [0, 0.1) is 0 Å². The van der Waals surface area contributed by atoms with E-state index in [-0.39, 0.29) is 11.3 Å². The molecule has 0 bridgehead atoms. The third-order valence-electron chi connectivity index (χ3n) is 10.7. The Labute approximate surface area is 324 Å². The van der Waals surface area contributed by atoms with Crippen LogP contribution in [0.4, 0.5) is 28.4 Å². The predicted molar refractivity (Wildman–Crippen MR) is 226 cm³/mol. The number of nitrogens with zero attached hydrogens (tertiary/aromatic N) is 3. The molecule has 7 heteroatoms. The molecule has 0 atom stereocenters. The summed E-state index contributed by atoms with van der Waals surface area (Å²) in [5.74, 6) is -1.82. The topological polar surface area (TPSA) is 85.2 Å². The lowest BCUT2D eigenvalue weighted by atomic mass is 9.89. The largest absolute Gasteiger partial charge is 0.477 e. The van der Waals surface area contributed by atoms with Crippen LogP contribution >= 0.6 is 0 Å². The van der Waals surface area contributed by atoms with E-state index in [4.69, 9.17) is 0 Å². The molecule has 1 amide bonds. The molecule has 2 aliphatic heterocycles. The number of allylic oxidation sites excluding steroid dienone is 2. The fourth-order valence-electron chi connectivity index (χ4n) is 7.73. The van der Waals surface area contributed by atoms with Gasteiger partial charge in [0.1, 0.15) is 0 Å². The highest BCUT2D eigenvalue weighted by Gasteiger charge is 2.24. The van der Waals surface area contributed by atoms with Crippen LogP contribution in [0.5, 0.6) is 0 Å². The Kier molecular flexibility index (Phi) is 11.4. The van der Waals surface area contributed by atoms with Gasteiger partial charge in [0.15, 0.2) is 5.71 Å². The number of hydrogen-bond acceptors (Lipinski definition) is 5. The summed E-state index contributed by atoms with van der Waals surface area (Å²) in [6.45, 7) is 6.24. The van der Waals surface area contributed by atoms with Gasteiger partial charge in [-0.2, -0.15) is 0 Å². The van der Waals surface area contributed by atoms with Gasteiger partial charge in [0.05, 0.1) is 5.57 Å². The molecule has 0 aliphatic carbocycles. The van der Waals surface area contributed by atoms with Crippen LogP contribution in [0.1, 0.15) is 60.1 Å². The van der Waals surface area contributed by atoms with Crippen LogP contribution in [-0.4, -0.2) is 42.8 Å². The minimum absolute atomic E-state index is 0.0318. The lowest BCUT2D eigenvalue weighted by Gasteiger charge is -2.33. The van der Waals surface area contributed by atoms with Gasteiger partial charge in [-0.1, -0.05) is 74.5 Å². The smallest absolute Gasteiger partial charge is 0.354 e. The molecule has 0 saturated heterocycles. The first kappa shape index (κ1) is 37.1. The van der Waals surface area contributed by atoms with Crippen molar-refractivity contribution in [3.63, 3.8) is 0 Å². The molecule has 55 heavy (non-hydrogen) atoms. The molecular formula is C48H48N4O3. The summed E-state index contributed by atoms with van der Waals surface area (Å²) in [5.41, 5.74) is 13.0. The van der Waals surface area contributed by atoms with Crippen molar-refractivity contribution in [1.29, 1.82) is 0 Å². The van der Waals surface area contributed by atoms with Gasteiger partial charge in [0, 0.05) is 48.6 Å². The standard InChI is InChI=1S/C48H48N4O3/c1-4-33-15-21-40(22-16-33)51-29-9-11-37-31-35(19-27-44(37)51)42(25-26-43(46(49-3)48(54)55)47(53)50-39-13-7-6-8-14-39)36-20-28-45-38(32-36)12-10-30-52(45)41-23-17-34(5-2)18-24-41/h6-8,13-28,31-32H,4-5,9-12,29-30H2,1-3H3,(H,50,53)(H,54,55)/b43-26-,49-46+. The first-order chi connectivity index (χ1) is 26.9.